The summed E-state index contributed by atoms with van der Waals surface area (Å²) >= 11 is 0. The molecular formula is C13H20N2. The van der Waals surface area contributed by atoms with E-state index in [1.807, 2.05) is 18.5 Å². The lowest BCUT2D eigenvalue weighted by molar-refractivity contribution is 0.167. The molecule has 82 valence electrons. The maximum Gasteiger partial charge on any atom is 0.0303 e. The molecule has 0 saturated carbocycles. The van der Waals surface area contributed by atoms with E-state index < -0.39 is 0 Å². The molecule has 2 rings (SSSR count). The lowest BCUT2D eigenvalue weighted by atomic mass is 9.91. The van der Waals surface area contributed by atoms with Crippen molar-refractivity contribution in [1.82, 2.24) is 9.88 Å². The highest BCUT2D eigenvalue weighted by Gasteiger charge is 2.22. The Morgan fingerprint density at radius 3 is 3.00 bits per heavy atom. The Labute approximate surface area is 92.3 Å². The summed E-state index contributed by atoms with van der Waals surface area (Å²) in [4.78, 5) is 6.78. The number of likely N-dealkylation sites (tertiary alicyclic amines) is 1. The van der Waals surface area contributed by atoms with Gasteiger partial charge in [-0.15, -0.1) is 0 Å². The average molecular weight is 204 g/mol. The van der Waals surface area contributed by atoms with Crippen molar-refractivity contribution in [3.63, 3.8) is 0 Å². The summed E-state index contributed by atoms with van der Waals surface area (Å²) in [6.45, 7) is 7.02. The largest absolute Gasteiger partial charge is 0.300 e. The van der Waals surface area contributed by atoms with Gasteiger partial charge in [0.05, 0.1) is 0 Å². The minimum Gasteiger partial charge on any atom is -0.300 e. The van der Waals surface area contributed by atoms with E-state index in [4.69, 9.17) is 0 Å². The monoisotopic (exact) mass is 204 g/mol. The van der Waals surface area contributed by atoms with Gasteiger partial charge >= 0.3 is 0 Å². The number of aromatic nitrogens is 1. The Kier molecular flexibility index (Phi) is 3.37. The van der Waals surface area contributed by atoms with Gasteiger partial charge in [0.2, 0.25) is 0 Å². The lowest BCUT2D eigenvalue weighted by Crippen LogP contribution is -2.39. The highest BCUT2D eigenvalue weighted by atomic mass is 15.2. The first-order valence-corrected chi connectivity index (χ1v) is 5.91. The second kappa shape index (κ2) is 4.75. The summed E-state index contributed by atoms with van der Waals surface area (Å²) < 4.78 is 0. The molecule has 15 heavy (non-hydrogen) atoms. The summed E-state index contributed by atoms with van der Waals surface area (Å²) in [6.07, 6.45) is 6.51. The fraction of sp³-hybridized carbons (Fsp3) is 0.615. The molecule has 1 aliphatic heterocycles. The third kappa shape index (κ3) is 2.57. The maximum atomic E-state index is 4.21. The van der Waals surface area contributed by atoms with Crippen LogP contribution in [0, 0.1) is 0 Å². The first-order valence-electron chi connectivity index (χ1n) is 5.91. The molecule has 0 bridgehead atoms. The van der Waals surface area contributed by atoms with Crippen molar-refractivity contribution in [3.05, 3.63) is 30.1 Å². The Balaban J connectivity index is 2.05. The van der Waals surface area contributed by atoms with Crippen LogP contribution < -0.4 is 0 Å². The number of nitrogens with zero attached hydrogens (tertiary/aromatic N) is 2. The minimum absolute atomic E-state index is 0.671. The summed E-state index contributed by atoms with van der Waals surface area (Å²) in [5.41, 5.74) is 1.41. The van der Waals surface area contributed by atoms with Crippen LogP contribution in [0.2, 0.25) is 0 Å². The molecule has 1 saturated heterocycles. The first-order chi connectivity index (χ1) is 7.27. The quantitative estimate of drug-likeness (QED) is 0.736. The smallest absolute Gasteiger partial charge is 0.0303 e. The fourth-order valence-electron chi connectivity index (χ4n) is 2.36. The van der Waals surface area contributed by atoms with Crippen molar-refractivity contribution in [1.29, 1.82) is 0 Å². The van der Waals surface area contributed by atoms with E-state index in [-0.39, 0.29) is 0 Å². The highest BCUT2D eigenvalue weighted by Crippen LogP contribution is 2.26. The zero-order chi connectivity index (χ0) is 10.7. The Morgan fingerprint density at radius 1 is 1.47 bits per heavy atom. The summed E-state index contributed by atoms with van der Waals surface area (Å²) in [5, 5.41) is 0. The predicted octanol–water partition coefficient (Wildman–Crippen LogP) is 2.67. The molecule has 2 heteroatoms. The van der Waals surface area contributed by atoms with Gasteiger partial charge in [0.25, 0.3) is 0 Å². The van der Waals surface area contributed by atoms with Gasteiger partial charge in [-0.1, -0.05) is 6.07 Å². The second-order valence-electron chi connectivity index (χ2n) is 4.71. The van der Waals surface area contributed by atoms with Gasteiger partial charge in [-0.25, -0.2) is 0 Å². The van der Waals surface area contributed by atoms with Gasteiger partial charge in [0, 0.05) is 25.0 Å². The van der Waals surface area contributed by atoms with Crippen molar-refractivity contribution in [3.8, 4) is 0 Å². The molecule has 0 spiro atoms. The third-order valence-corrected chi connectivity index (χ3v) is 3.34. The molecule has 0 aromatic carbocycles. The molecule has 0 radical (unpaired) electrons. The van der Waals surface area contributed by atoms with E-state index >= 15 is 0 Å². The number of hydrogen-bond donors (Lipinski definition) is 0. The van der Waals surface area contributed by atoms with E-state index in [0.29, 0.717) is 12.0 Å². The molecule has 1 aliphatic rings. The van der Waals surface area contributed by atoms with Crippen LogP contribution in [0.4, 0.5) is 0 Å². The van der Waals surface area contributed by atoms with Gasteiger partial charge in [0.1, 0.15) is 0 Å². The molecule has 2 heterocycles. The van der Waals surface area contributed by atoms with Crippen molar-refractivity contribution in [2.45, 2.75) is 38.6 Å². The molecule has 2 nitrogen and oxygen atoms in total. The van der Waals surface area contributed by atoms with Crippen molar-refractivity contribution < 1.29 is 0 Å². The molecule has 1 aromatic heterocycles. The molecule has 1 aromatic rings. The SMILES string of the molecule is CC(C)N1CCCC(c2cccnc2)C1. The Bertz CT molecular complexity index is 295. The number of rotatable bonds is 2. The zero-order valence-electron chi connectivity index (χ0n) is 9.69. The maximum absolute atomic E-state index is 4.21. The van der Waals surface area contributed by atoms with E-state index in [1.165, 1.54) is 31.5 Å². The predicted molar refractivity (Wildman–Crippen MR) is 62.9 cm³/mol. The summed E-state index contributed by atoms with van der Waals surface area (Å²) in [6, 6.07) is 4.93. The van der Waals surface area contributed by atoms with Gasteiger partial charge in [-0.2, -0.15) is 0 Å². The van der Waals surface area contributed by atoms with Crippen LogP contribution in [0.15, 0.2) is 24.5 Å². The normalized spacial score (nSPS) is 23.3. The van der Waals surface area contributed by atoms with E-state index in [9.17, 15) is 0 Å². The lowest BCUT2D eigenvalue weighted by Gasteiger charge is -2.35. The molecular weight excluding hydrogens is 184 g/mol. The van der Waals surface area contributed by atoms with Crippen LogP contribution in [-0.2, 0) is 0 Å². The van der Waals surface area contributed by atoms with Gasteiger partial charge in [0.15, 0.2) is 0 Å². The Morgan fingerprint density at radius 2 is 2.33 bits per heavy atom. The van der Waals surface area contributed by atoms with Gasteiger partial charge in [-0.05, 0) is 50.8 Å². The second-order valence-corrected chi connectivity index (χ2v) is 4.71. The third-order valence-electron chi connectivity index (χ3n) is 3.34. The van der Waals surface area contributed by atoms with Crippen LogP contribution in [0.25, 0.3) is 0 Å². The molecule has 1 unspecified atom stereocenters. The average Bonchev–Trinajstić information content (AvgIpc) is 2.30. The van der Waals surface area contributed by atoms with Crippen molar-refractivity contribution >= 4 is 0 Å². The number of pyridine rings is 1. The highest BCUT2D eigenvalue weighted by molar-refractivity contribution is 5.15. The van der Waals surface area contributed by atoms with Gasteiger partial charge in [-0.3, -0.25) is 4.98 Å². The van der Waals surface area contributed by atoms with Gasteiger partial charge < -0.3 is 4.90 Å². The molecule has 0 aliphatic carbocycles. The van der Waals surface area contributed by atoms with E-state index in [1.54, 1.807) is 0 Å². The van der Waals surface area contributed by atoms with Crippen LogP contribution in [-0.4, -0.2) is 29.0 Å². The number of piperidine rings is 1. The fourth-order valence-corrected chi connectivity index (χ4v) is 2.36. The van der Waals surface area contributed by atoms with Crippen LogP contribution in [0.3, 0.4) is 0 Å². The van der Waals surface area contributed by atoms with Crippen molar-refractivity contribution in [2.24, 2.45) is 0 Å². The topological polar surface area (TPSA) is 16.1 Å². The molecule has 1 fully saturated rings. The van der Waals surface area contributed by atoms with E-state index in [0.717, 1.165) is 0 Å². The molecule has 1 atom stereocenters. The minimum atomic E-state index is 0.671. The first kappa shape index (κ1) is 10.6. The summed E-state index contributed by atoms with van der Waals surface area (Å²) in [7, 11) is 0. The van der Waals surface area contributed by atoms with E-state index in [2.05, 4.69) is 29.8 Å². The zero-order valence-corrected chi connectivity index (χ0v) is 9.69. The van der Waals surface area contributed by atoms with Crippen molar-refractivity contribution in [2.75, 3.05) is 13.1 Å². The number of hydrogen-bond acceptors (Lipinski definition) is 2. The van der Waals surface area contributed by atoms with Crippen LogP contribution >= 0.6 is 0 Å². The standard InChI is InChI=1S/C13H20N2/c1-11(2)15-8-4-6-13(10-15)12-5-3-7-14-9-12/h3,5,7,9,11,13H,4,6,8,10H2,1-2H3. The Hall–Kier alpha value is -0.890. The molecule has 0 amide bonds. The van der Waals surface area contributed by atoms with Crippen LogP contribution in [0.1, 0.15) is 38.2 Å². The summed E-state index contributed by atoms with van der Waals surface area (Å²) in [5.74, 6) is 0.690. The van der Waals surface area contributed by atoms with Crippen LogP contribution in [0.5, 0.6) is 0 Å². The molecule has 0 N–H and O–H groups in total.